The molecule has 1 saturated carbocycles. The van der Waals surface area contributed by atoms with Crippen molar-refractivity contribution in [2.75, 3.05) is 7.11 Å². The molecule has 0 bridgehead atoms. The Kier molecular flexibility index (Phi) is 14.3. The first-order valence-corrected chi connectivity index (χ1v) is 21.5. The molecule has 0 aliphatic heterocycles. The highest BCUT2D eigenvalue weighted by atomic mass is 28.4. The van der Waals surface area contributed by atoms with E-state index in [1.165, 1.54) is 7.11 Å². The van der Waals surface area contributed by atoms with E-state index in [9.17, 15) is 14.7 Å². The van der Waals surface area contributed by atoms with Crippen LogP contribution in [0.4, 0.5) is 0 Å². The number of hydrogen-bond donors (Lipinski definition) is 1. The Morgan fingerprint density at radius 2 is 1.72 bits per heavy atom. The summed E-state index contributed by atoms with van der Waals surface area (Å²) in [6.45, 7) is 22.2. The molecule has 6 nitrogen and oxygen atoms in total. The number of Topliss-reactive ketones (excluding diaryl/α,β-unsaturated/α-hetero) is 1. The summed E-state index contributed by atoms with van der Waals surface area (Å²) in [5.74, 6) is -0.723. The third-order valence-electron chi connectivity index (χ3n) is 8.41. The number of carbonyl (C=O) groups is 2. The molecule has 0 aromatic rings. The lowest BCUT2D eigenvalue weighted by atomic mass is 9.85. The van der Waals surface area contributed by atoms with Gasteiger partial charge in [-0.3, -0.25) is 9.59 Å². The van der Waals surface area contributed by atoms with Gasteiger partial charge in [-0.15, -0.1) is 0 Å². The number of ketones is 1. The van der Waals surface area contributed by atoms with E-state index in [2.05, 4.69) is 79.5 Å². The molecule has 1 aliphatic rings. The maximum Gasteiger partial charge on any atom is 0.305 e. The first kappa shape index (κ1) is 36.2. The van der Waals surface area contributed by atoms with Crippen molar-refractivity contribution in [3.05, 3.63) is 12.2 Å². The summed E-state index contributed by atoms with van der Waals surface area (Å²) in [6.07, 6.45) is 11.0. The van der Waals surface area contributed by atoms with Crippen LogP contribution in [0, 0.1) is 11.8 Å². The molecule has 0 heterocycles. The van der Waals surface area contributed by atoms with Crippen molar-refractivity contribution >= 4 is 28.4 Å². The predicted octanol–water partition coefficient (Wildman–Crippen LogP) is 7.81. The molecule has 1 aliphatic carbocycles. The Morgan fingerprint density at radius 3 is 2.26 bits per heavy atom. The van der Waals surface area contributed by atoms with E-state index in [4.69, 9.17) is 13.6 Å². The van der Waals surface area contributed by atoms with Gasteiger partial charge in [0.25, 0.3) is 0 Å². The molecule has 0 radical (unpaired) electrons. The fraction of sp³-hybridized carbons (Fsp3) is 0.871. The van der Waals surface area contributed by atoms with Crippen molar-refractivity contribution < 1.29 is 28.3 Å². The molecular formula is C31H60O6Si2. The van der Waals surface area contributed by atoms with E-state index >= 15 is 0 Å². The number of methoxy groups -OCH3 is 1. The molecule has 1 fully saturated rings. The fourth-order valence-electron chi connectivity index (χ4n) is 5.35. The summed E-state index contributed by atoms with van der Waals surface area (Å²) in [7, 11) is -2.45. The summed E-state index contributed by atoms with van der Waals surface area (Å²) in [5, 5.41) is 11.3. The predicted molar refractivity (Wildman–Crippen MR) is 166 cm³/mol. The summed E-state index contributed by atoms with van der Waals surface area (Å²) in [4.78, 5) is 24.7. The Bertz CT molecular complexity index is 798. The number of ether oxygens (including phenoxy) is 1. The maximum absolute atomic E-state index is 13.3. The van der Waals surface area contributed by atoms with Gasteiger partial charge in [0.15, 0.2) is 16.6 Å². The van der Waals surface area contributed by atoms with Crippen LogP contribution >= 0.6 is 0 Å². The second-order valence-corrected chi connectivity index (χ2v) is 23.5. The van der Waals surface area contributed by atoms with Crippen molar-refractivity contribution in [2.24, 2.45) is 11.8 Å². The summed E-state index contributed by atoms with van der Waals surface area (Å²) in [5.41, 5.74) is -0.233. The van der Waals surface area contributed by atoms with Gasteiger partial charge in [0, 0.05) is 18.8 Å². The first-order chi connectivity index (χ1) is 17.9. The second-order valence-electron chi connectivity index (χ2n) is 14.3. The lowest BCUT2D eigenvalue weighted by Gasteiger charge is -2.40. The highest BCUT2D eigenvalue weighted by Crippen LogP contribution is 2.43. The van der Waals surface area contributed by atoms with Gasteiger partial charge in [-0.25, -0.2) is 0 Å². The van der Waals surface area contributed by atoms with Gasteiger partial charge in [0.1, 0.15) is 5.78 Å². The topological polar surface area (TPSA) is 82.1 Å². The van der Waals surface area contributed by atoms with Crippen molar-refractivity contribution in [1.82, 2.24) is 0 Å². The zero-order chi connectivity index (χ0) is 30.1. The molecule has 2 unspecified atom stereocenters. The molecule has 5 atom stereocenters. The van der Waals surface area contributed by atoms with E-state index in [0.717, 1.165) is 44.9 Å². The van der Waals surface area contributed by atoms with Crippen LogP contribution in [0.2, 0.25) is 37.8 Å². The summed E-state index contributed by atoms with van der Waals surface area (Å²) >= 11 is 0. The molecule has 1 N–H and O–H groups in total. The van der Waals surface area contributed by atoms with E-state index in [-0.39, 0.29) is 34.4 Å². The fourth-order valence-corrected chi connectivity index (χ4v) is 8.36. The zero-order valence-electron chi connectivity index (χ0n) is 27.0. The minimum absolute atomic E-state index is 0.0323. The Hall–Kier alpha value is -0.806. The molecule has 0 spiro atoms. The molecule has 8 heteroatoms. The zero-order valence-corrected chi connectivity index (χ0v) is 29.0. The lowest BCUT2D eigenvalue weighted by Crippen LogP contribution is -2.45. The molecule has 0 aromatic carbocycles. The highest BCUT2D eigenvalue weighted by molar-refractivity contribution is 6.74. The highest BCUT2D eigenvalue weighted by Gasteiger charge is 2.49. The number of hydrogen-bond acceptors (Lipinski definition) is 6. The van der Waals surface area contributed by atoms with Crippen LogP contribution in [0.5, 0.6) is 0 Å². The Balaban J connectivity index is 3.12. The van der Waals surface area contributed by atoms with Crippen molar-refractivity contribution in [1.29, 1.82) is 0 Å². The van der Waals surface area contributed by atoms with E-state index in [1.54, 1.807) is 0 Å². The van der Waals surface area contributed by atoms with Crippen LogP contribution in [0.15, 0.2) is 12.2 Å². The average Bonchev–Trinajstić information content (AvgIpc) is 3.09. The lowest BCUT2D eigenvalue weighted by molar-refractivity contribution is -0.140. The van der Waals surface area contributed by atoms with Gasteiger partial charge in [-0.1, -0.05) is 65.5 Å². The number of aliphatic hydroxyl groups excluding tert-OH is 1. The third kappa shape index (κ3) is 12.3. The molecular weight excluding hydrogens is 525 g/mol. The summed E-state index contributed by atoms with van der Waals surface area (Å²) < 4.78 is 18.2. The van der Waals surface area contributed by atoms with Gasteiger partial charge in [-0.05, 0) is 70.4 Å². The smallest absolute Gasteiger partial charge is 0.305 e. The molecule has 0 amide bonds. The van der Waals surface area contributed by atoms with Crippen molar-refractivity contribution in [3.8, 4) is 0 Å². The Labute approximate surface area is 241 Å². The van der Waals surface area contributed by atoms with Gasteiger partial charge in [-0.2, -0.15) is 0 Å². The van der Waals surface area contributed by atoms with Crippen LogP contribution in [0.3, 0.4) is 0 Å². The van der Waals surface area contributed by atoms with Crippen LogP contribution in [0.25, 0.3) is 0 Å². The molecule has 228 valence electrons. The van der Waals surface area contributed by atoms with Crippen LogP contribution in [-0.4, -0.2) is 58.4 Å². The minimum atomic E-state index is -2.11. The van der Waals surface area contributed by atoms with E-state index in [0.29, 0.717) is 19.3 Å². The molecule has 39 heavy (non-hydrogen) atoms. The van der Waals surface area contributed by atoms with E-state index < -0.39 is 28.7 Å². The van der Waals surface area contributed by atoms with Crippen LogP contribution in [-0.2, 0) is 23.2 Å². The van der Waals surface area contributed by atoms with Gasteiger partial charge in [0.05, 0.1) is 30.8 Å². The molecule has 0 saturated heterocycles. The second kappa shape index (κ2) is 15.4. The SMILES string of the molecule is CCCCC(C)(CC=C[C@@H]1[C@@H](C(O)CCCCCC(=O)OC)C(=O)C[C@H]1O[Si](C)(C)C(C)(C)C)O[Si](C)(C)C. The summed E-state index contributed by atoms with van der Waals surface area (Å²) in [6, 6.07) is 0. The normalized spacial score (nSPS) is 23.3. The van der Waals surface area contributed by atoms with Gasteiger partial charge in [0.2, 0.25) is 0 Å². The maximum atomic E-state index is 13.3. The van der Waals surface area contributed by atoms with Gasteiger partial charge >= 0.3 is 5.97 Å². The number of rotatable bonds is 17. The van der Waals surface area contributed by atoms with Crippen molar-refractivity contribution in [3.63, 3.8) is 0 Å². The number of unbranched alkanes of at least 4 members (excludes halogenated alkanes) is 3. The van der Waals surface area contributed by atoms with Gasteiger partial charge < -0.3 is 18.7 Å². The molecule has 0 aromatic heterocycles. The third-order valence-corrected chi connectivity index (χ3v) is 14.0. The monoisotopic (exact) mass is 584 g/mol. The number of aliphatic hydroxyl groups is 1. The largest absolute Gasteiger partial charge is 0.469 e. The quantitative estimate of drug-likeness (QED) is 0.0812. The van der Waals surface area contributed by atoms with Crippen LogP contribution < -0.4 is 0 Å². The number of carbonyl (C=O) groups excluding carboxylic acids is 2. The standard InChI is InChI=1S/C31H60O6Si2/c1-12-13-21-31(5,37-38(7,8)9)22-17-18-24-27(36-39(10,11)30(2,3)4)23-26(33)29(24)25(32)19-15-14-16-20-28(34)35-6/h17-18,24-25,27,29,32H,12-16,19-23H2,1-11H3/t24-,25?,27+,29-,31?/m0/s1. The Morgan fingerprint density at radius 1 is 1.08 bits per heavy atom. The average molecular weight is 585 g/mol. The van der Waals surface area contributed by atoms with Crippen molar-refractivity contribution in [2.45, 2.75) is 154 Å². The molecule has 1 rings (SSSR count). The first-order valence-electron chi connectivity index (χ1n) is 15.2. The van der Waals surface area contributed by atoms with E-state index in [1.807, 2.05) is 0 Å². The van der Waals surface area contributed by atoms with Crippen LogP contribution in [0.1, 0.15) is 98.8 Å². The minimum Gasteiger partial charge on any atom is -0.469 e. The number of esters is 1.